The van der Waals surface area contributed by atoms with Crippen molar-refractivity contribution in [1.29, 1.82) is 0 Å². The summed E-state index contributed by atoms with van der Waals surface area (Å²) in [6.45, 7) is 0. The molecule has 9 rings (SSSR count). The predicted molar refractivity (Wildman–Crippen MR) is 362 cm³/mol. The molecule has 1 aliphatic heterocycles. The van der Waals surface area contributed by atoms with E-state index in [9.17, 15) is 0 Å². The van der Waals surface area contributed by atoms with E-state index >= 15 is 0 Å². The Morgan fingerprint density at radius 1 is 0.184 bits per heavy atom. The minimum atomic E-state index is -2.79. The third kappa shape index (κ3) is 15.9. The van der Waals surface area contributed by atoms with Crippen LogP contribution in [0.3, 0.4) is 0 Å². The van der Waals surface area contributed by atoms with Gasteiger partial charge in [0.05, 0.1) is 0 Å². The zero-order valence-electron chi connectivity index (χ0n) is 44.5. The zero-order valence-corrected chi connectivity index (χ0v) is 54.5. The summed E-state index contributed by atoms with van der Waals surface area (Å²) in [7, 11) is 0. The molecule has 8 aromatic carbocycles. The van der Waals surface area contributed by atoms with E-state index in [1.807, 2.05) is 0 Å². The molecule has 8 heteroatoms. The first-order chi connectivity index (χ1) is 36.6. The molecule has 76 heavy (non-hydrogen) atoms. The Bertz CT molecular complexity index is 2420. The van der Waals surface area contributed by atoms with Crippen molar-refractivity contribution in [1.82, 2.24) is 0 Å². The maximum absolute atomic E-state index is 5.12. The Morgan fingerprint density at radius 3 is 0.395 bits per heavy atom. The first-order valence-electron chi connectivity index (χ1n) is 27.8. The van der Waals surface area contributed by atoms with Crippen molar-refractivity contribution in [3.8, 4) is 0 Å². The summed E-state index contributed by atoms with van der Waals surface area (Å²) in [5.74, 6) is 0. The molecular formula is C68H80Br4P4. The molecule has 0 spiro atoms. The van der Waals surface area contributed by atoms with Crippen molar-refractivity contribution in [3.05, 3.63) is 287 Å². The van der Waals surface area contributed by atoms with E-state index in [4.69, 9.17) is 62.0 Å². The van der Waals surface area contributed by atoms with Crippen LogP contribution in [-0.4, -0.2) is 49.3 Å². The summed E-state index contributed by atoms with van der Waals surface area (Å²) < 4.78 is 0. The van der Waals surface area contributed by atoms with Crippen LogP contribution in [0.4, 0.5) is 0 Å². The number of rotatable bonds is 16. The molecular weight excluding hydrogens is 1260 g/mol. The van der Waals surface area contributed by atoms with Crippen molar-refractivity contribution < 1.29 is 0 Å². The molecule has 0 bridgehead atoms. The number of halogens is 4. The molecule has 400 valence electrons. The molecule has 0 aromatic heterocycles. The van der Waals surface area contributed by atoms with Crippen molar-refractivity contribution in [2.75, 3.05) is 49.3 Å². The second-order valence-electron chi connectivity index (χ2n) is 23.6. The van der Waals surface area contributed by atoms with Crippen LogP contribution in [0.25, 0.3) is 0 Å². The van der Waals surface area contributed by atoms with E-state index in [-0.39, 0.29) is 0 Å². The molecule has 0 N–H and O–H groups in total. The quantitative estimate of drug-likeness (QED) is 0.0846. The van der Waals surface area contributed by atoms with Crippen LogP contribution in [0.1, 0.15) is 70.2 Å². The van der Waals surface area contributed by atoms with Gasteiger partial charge in [-0.25, -0.2) is 0 Å². The average molecular weight is 1340 g/mol. The van der Waals surface area contributed by atoms with Gasteiger partial charge in [0.2, 0.25) is 0 Å². The van der Waals surface area contributed by atoms with Gasteiger partial charge in [-0.1, -0.05) is 0 Å². The van der Waals surface area contributed by atoms with Gasteiger partial charge in [0.15, 0.2) is 0 Å². The van der Waals surface area contributed by atoms with Gasteiger partial charge in [0, 0.05) is 0 Å². The molecule has 0 saturated carbocycles. The molecule has 1 aliphatic rings. The Morgan fingerprint density at radius 2 is 0.289 bits per heavy atom. The van der Waals surface area contributed by atoms with E-state index in [0.717, 1.165) is 49.3 Å². The van der Waals surface area contributed by atoms with Gasteiger partial charge in [-0.15, -0.1) is 0 Å². The van der Waals surface area contributed by atoms with Crippen molar-refractivity contribution in [2.45, 2.75) is 75.0 Å². The fourth-order valence-electron chi connectivity index (χ4n) is 13.7. The topological polar surface area (TPSA) is 0 Å². The van der Waals surface area contributed by atoms with E-state index in [1.165, 1.54) is 119 Å². The molecule has 8 aromatic rings. The van der Waals surface area contributed by atoms with E-state index < -0.39 is 21.2 Å². The third-order valence-corrected chi connectivity index (χ3v) is 52.3. The molecule has 0 nitrogen and oxygen atoms in total. The van der Waals surface area contributed by atoms with Crippen molar-refractivity contribution >= 4 is 83.2 Å². The fraction of sp³-hybridized carbons (Fsp3) is 0.294. The van der Waals surface area contributed by atoms with Crippen LogP contribution >= 0.6 is 83.2 Å². The summed E-state index contributed by atoms with van der Waals surface area (Å²) in [5.41, 5.74) is 11.8. The first-order valence-corrected chi connectivity index (χ1v) is 47.8. The van der Waals surface area contributed by atoms with Gasteiger partial charge < -0.3 is 0 Å². The average Bonchev–Trinajstić information content (AvgIpc) is 3.41. The first kappa shape index (κ1) is 58.1. The normalized spacial score (nSPS) is 21.8. The maximum atomic E-state index is 5.12. The number of hydrogen-bond acceptors (Lipinski definition) is 0. The van der Waals surface area contributed by atoms with Crippen LogP contribution in [0.15, 0.2) is 243 Å². The van der Waals surface area contributed by atoms with E-state index in [2.05, 4.69) is 243 Å². The Balaban J connectivity index is 1.24. The molecule has 0 unspecified atom stereocenters. The molecule has 1 heterocycles. The number of hydrogen-bond donors (Lipinski definition) is 0. The van der Waals surface area contributed by atoms with Crippen molar-refractivity contribution in [3.63, 3.8) is 0 Å². The van der Waals surface area contributed by atoms with Crippen LogP contribution in [0.2, 0.25) is 0 Å². The molecule has 1 fully saturated rings. The molecule has 0 atom stereocenters. The summed E-state index contributed by atoms with van der Waals surface area (Å²) in [4.78, 5) is 0. The summed E-state index contributed by atoms with van der Waals surface area (Å²) in [6.07, 6.45) is 23.2. The summed E-state index contributed by atoms with van der Waals surface area (Å²) >= 11 is 20.5. The van der Waals surface area contributed by atoms with Crippen molar-refractivity contribution in [2.24, 2.45) is 0 Å². The Hall–Kier alpha value is -2.60. The second kappa shape index (κ2) is 25.0. The molecule has 0 amide bonds. The van der Waals surface area contributed by atoms with E-state index in [1.54, 1.807) is 0 Å². The van der Waals surface area contributed by atoms with Gasteiger partial charge >= 0.3 is 495 Å². The van der Waals surface area contributed by atoms with Crippen LogP contribution in [0.5, 0.6) is 0 Å². The van der Waals surface area contributed by atoms with Gasteiger partial charge in [0.25, 0.3) is 0 Å². The molecule has 1 saturated heterocycles. The van der Waals surface area contributed by atoms with Crippen LogP contribution in [0, 0.1) is 0 Å². The van der Waals surface area contributed by atoms with Gasteiger partial charge in [-0.2, -0.15) is 0 Å². The predicted octanol–water partition coefficient (Wildman–Crippen LogP) is 22.6. The zero-order chi connectivity index (χ0) is 52.8. The molecule has 0 radical (unpaired) electrons. The standard InChI is InChI=1S/C68H80Br4P4/c69-73(53-61-29-9-1-10-30-61,54-62-31-11-2-12-32-62)45-25-47-74(70,55-63-33-13-3-14-34-63,56-64-35-15-4-16-36-64)49-27-51-76(72,59-67-41-21-7-22-42-67,60-68-43-23-8-24-44-68)52-28-50-75(71,48-26-46-73,57-65-37-17-5-18-38-65)58-66-39-19-6-20-40-66/h1-24,29-44H,25-28,45-60H2. The monoisotopic (exact) mass is 1340 g/mol. The minimum absolute atomic E-state index is 1.10. The fourth-order valence-corrected chi connectivity index (χ4v) is 48.1. The van der Waals surface area contributed by atoms with Crippen LogP contribution in [-0.2, 0) is 49.3 Å². The van der Waals surface area contributed by atoms with Gasteiger partial charge in [-0.05, 0) is 0 Å². The molecule has 0 aliphatic carbocycles. The SMILES string of the molecule is BrP1(Cc2ccccc2)(Cc2ccccc2)CCCP(Br)(Cc2ccccc2)(Cc2ccccc2)CCCP(Br)(Cc2ccccc2)(Cc2ccccc2)CCCP(Br)(Cc2ccccc2)(Cc2ccccc2)CCC1. The Labute approximate surface area is 490 Å². The van der Waals surface area contributed by atoms with E-state index in [0.29, 0.717) is 0 Å². The van der Waals surface area contributed by atoms with Gasteiger partial charge in [-0.3, -0.25) is 0 Å². The third-order valence-electron chi connectivity index (χ3n) is 17.1. The Kier molecular flexibility index (Phi) is 19.1. The number of benzene rings is 8. The summed E-state index contributed by atoms with van der Waals surface area (Å²) in [6, 6.07) is 92.6. The summed E-state index contributed by atoms with van der Waals surface area (Å²) in [5, 5.41) is -11.2. The van der Waals surface area contributed by atoms with Gasteiger partial charge in [0.1, 0.15) is 0 Å². The second-order valence-corrected chi connectivity index (χ2v) is 68.4. The van der Waals surface area contributed by atoms with Crippen LogP contribution < -0.4 is 0 Å².